The highest BCUT2D eigenvalue weighted by Gasteiger charge is 2.14. The summed E-state index contributed by atoms with van der Waals surface area (Å²) in [5, 5.41) is 10.6. The first kappa shape index (κ1) is 10.2. The van der Waals surface area contributed by atoms with Crippen LogP contribution in [0, 0.1) is 18.6 Å². The van der Waals surface area contributed by atoms with Crippen LogP contribution < -0.4 is 0 Å². The second kappa shape index (κ2) is 3.65. The Balaban J connectivity index is 2.65. The lowest BCUT2D eigenvalue weighted by Gasteiger charge is -2.05. The zero-order valence-corrected chi connectivity index (χ0v) is 9.16. The molecule has 0 saturated carbocycles. The van der Waals surface area contributed by atoms with E-state index >= 15 is 0 Å². The number of benzene rings is 1. The van der Waals surface area contributed by atoms with Gasteiger partial charge in [0.1, 0.15) is 11.5 Å². The lowest BCUT2D eigenvalue weighted by molar-refractivity contribution is 0.559. The predicted molar refractivity (Wildman–Crippen MR) is 51.5 cm³/mol. The largest absolute Gasteiger partial charge is 0.206 e. The quantitative estimate of drug-likeness (QED) is 0.748. The van der Waals surface area contributed by atoms with Gasteiger partial charge in [0.15, 0.2) is 11.6 Å². The average molecular weight is 275 g/mol. The lowest BCUT2D eigenvalue weighted by atomic mass is 10.3. The van der Waals surface area contributed by atoms with Crippen LogP contribution in [-0.4, -0.2) is 20.2 Å². The summed E-state index contributed by atoms with van der Waals surface area (Å²) in [6, 6.07) is 2.42. The molecule has 7 heteroatoms. The summed E-state index contributed by atoms with van der Waals surface area (Å²) in [5.41, 5.74) is 0.103. The summed E-state index contributed by atoms with van der Waals surface area (Å²) in [4.78, 5) is 0. The monoisotopic (exact) mass is 274 g/mol. The van der Waals surface area contributed by atoms with Crippen molar-refractivity contribution in [1.29, 1.82) is 0 Å². The van der Waals surface area contributed by atoms with Gasteiger partial charge in [-0.05, 0) is 45.4 Å². The van der Waals surface area contributed by atoms with Crippen LogP contribution in [0.4, 0.5) is 8.78 Å². The molecule has 0 bridgehead atoms. The zero-order valence-electron chi connectivity index (χ0n) is 7.58. The molecule has 0 amide bonds. The fourth-order valence-electron chi connectivity index (χ4n) is 1.13. The summed E-state index contributed by atoms with van der Waals surface area (Å²) >= 11 is 2.81. The fourth-order valence-corrected chi connectivity index (χ4v) is 1.47. The number of tetrazole rings is 1. The van der Waals surface area contributed by atoms with Crippen LogP contribution in [0.5, 0.6) is 0 Å². The van der Waals surface area contributed by atoms with Crippen LogP contribution in [0.25, 0.3) is 5.69 Å². The number of nitrogens with zero attached hydrogens (tertiary/aromatic N) is 4. The SMILES string of the molecule is Cc1nnnn1-c1ccc(F)c(Br)c1F. The van der Waals surface area contributed by atoms with E-state index in [2.05, 4.69) is 31.5 Å². The predicted octanol–water partition coefficient (Wildman–Crippen LogP) is 2.01. The van der Waals surface area contributed by atoms with Crippen molar-refractivity contribution in [2.24, 2.45) is 0 Å². The van der Waals surface area contributed by atoms with Gasteiger partial charge >= 0.3 is 0 Å². The minimum absolute atomic E-state index is 0.103. The third kappa shape index (κ3) is 1.63. The van der Waals surface area contributed by atoms with Crippen LogP contribution in [0.1, 0.15) is 5.82 Å². The summed E-state index contributed by atoms with van der Waals surface area (Å²) in [6.45, 7) is 1.62. The summed E-state index contributed by atoms with van der Waals surface area (Å²) in [6.07, 6.45) is 0. The molecule has 0 N–H and O–H groups in total. The van der Waals surface area contributed by atoms with E-state index < -0.39 is 11.6 Å². The highest BCUT2D eigenvalue weighted by atomic mass is 79.9. The fraction of sp³-hybridized carbons (Fsp3) is 0.125. The van der Waals surface area contributed by atoms with Crippen molar-refractivity contribution >= 4 is 15.9 Å². The Morgan fingerprint density at radius 1 is 1.33 bits per heavy atom. The van der Waals surface area contributed by atoms with Gasteiger partial charge in [-0.25, -0.2) is 8.78 Å². The Morgan fingerprint density at radius 3 is 2.67 bits per heavy atom. The third-order valence-corrected chi connectivity index (χ3v) is 2.60. The molecule has 0 atom stereocenters. The van der Waals surface area contributed by atoms with E-state index in [1.165, 1.54) is 10.7 Å². The molecule has 0 aliphatic rings. The molecule has 4 nitrogen and oxygen atoms in total. The van der Waals surface area contributed by atoms with Crippen molar-refractivity contribution in [3.8, 4) is 5.69 Å². The Morgan fingerprint density at radius 2 is 2.07 bits per heavy atom. The van der Waals surface area contributed by atoms with Gasteiger partial charge in [-0.3, -0.25) is 0 Å². The number of halogens is 3. The van der Waals surface area contributed by atoms with E-state index in [9.17, 15) is 8.78 Å². The second-order valence-electron chi connectivity index (χ2n) is 2.83. The summed E-state index contributed by atoms with van der Waals surface area (Å²) < 4.78 is 27.5. The standard InChI is InChI=1S/C8H5BrF2N4/c1-4-12-13-14-15(4)6-3-2-5(10)7(9)8(6)11/h2-3H,1H3. The van der Waals surface area contributed by atoms with Crippen LogP contribution in [0.2, 0.25) is 0 Å². The molecule has 0 aliphatic heterocycles. The second-order valence-corrected chi connectivity index (χ2v) is 3.63. The molecule has 1 aromatic heterocycles. The molecular weight excluding hydrogens is 270 g/mol. The summed E-state index contributed by atoms with van der Waals surface area (Å²) in [7, 11) is 0. The van der Waals surface area contributed by atoms with E-state index in [1.807, 2.05) is 0 Å². The van der Waals surface area contributed by atoms with Gasteiger partial charge in [0, 0.05) is 0 Å². The number of hydrogen-bond acceptors (Lipinski definition) is 3. The van der Waals surface area contributed by atoms with E-state index in [1.54, 1.807) is 6.92 Å². The van der Waals surface area contributed by atoms with Gasteiger partial charge in [-0.2, -0.15) is 4.68 Å². The van der Waals surface area contributed by atoms with Gasteiger partial charge in [0.05, 0.1) is 4.47 Å². The smallest absolute Gasteiger partial charge is 0.166 e. The number of hydrogen-bond donors (Lipinski definition) is 0. The van der Waals surface area contributed by atoms with Crippen LogP contribution in [-0.2, 0) is 0 Å². The molecule has 0 radical (unpaired) electrons. The first-order valence-corrected chi connectivity index (χ1v) is 4.79. The molecule has 1 aromatic carbocycles. The Labute approximate surface area is 92.0 Å². The lowest BCUT2D eigenvalue weighted by Crippen LogP contribution is -2.03. The Bertz CT molecular complexity index is 511. The minimum atomic E-state index is -0.731. The molecule has 15 heavy (non-hydrogen) atoms. The normalized spacial score (nSPS) is 10.7. The minimum Gasteiger partial charge on any atom is -0.206 e. The van der Waals surface area contributed by atoms with Gasteiger partial charge in [0.25, 0.3) is 0 Å². The average Bonchev–Trinajstić information content (AvgIpc) is 2.62. The van der Waals surface area contributed by atoms with Gasteiger partial charge in [-0.15, -0.1) is 5.10 Å². The van der Waals surface area contributed by atoms with Crippen molar-refractivity contribution in [3.63, 3.8) is 0 Å². The number of aromatic nitrogens is 4. The topological polar surface area (TPSA) is 43.6 Å². The Kier molecular flexibility index (Phi) is 2.47. The van der Waals surface area contributed by atoms with Crippen molar-refractivity contribution < 1.29 is 8.78 Å². The first-order chi connectivity index (χ1) is 7.11. The van der Waals surface area contributed by atoms with Crippen molar-refractivity contribution in [2.45, 2.75) is 6.92 Å². The van der Waals surface area contributed by atoms with Crippen molar-refractivity contribution in [3.05, 3.63) is 34.1 Å². The van der Waals surface area contributed by atoms with Gasteiger partial charge in [0.2, 0.25) is 0 Å². The maximum absolute atomic E-state index is 13.6. The molecule has 1 heterocycles. The van der Waals surface area contributed by atoms with Crippen LogP contribution in [0.15, 0.2) is 16.6 Å². The van der Waals surface area contributed by atoms with E-state index in [0.29, 0.717) is 5.82 Å². The van der Waals surface area contributed by atoms with Crippen molar-refractivity contribution in [1.82, 2.24) is 20.2 Å². The van der Waals surface area contributed by atoms with Crippen LogP contribution >= 0.6 is 15.9 Å². The first-order valence-electron chi connectivity index (χ1n) is 4.00. The van der Waals surface area contributed by atoms with Crippen molar-refractivity contribution in [2.75, 3.05) is 0 Å². The van der Waals surface area contributed by atoms with E-state index in [0.717, 1.165) is 6.07 Å². The van der Waals surface area contributed by atoms with Crippen LogP contribution in [0.3, 0.4) is 0 Å². The molecule has 0 fully saturated rings. The highest BCUT2D eigenvalue weighted by molar-refractivity contribution is 9.10. The molecule has 0 unspecified atom stereocenters. The highest BCUT2D eigenvalue weighted by Crippen LogP contribution is 2.24. The maximum atomic E-state index is 13.6. The van der Waals surface area contributed by atoms with E-state index in [4.69, 9.17) is 0 Å². The molecule has 0 aliphatic carbocycles. The van der Waals surface area contributed by atoms with Gasteiger partial charge < -0.3 is 0 Å². The van der Waals surface area contributed by atoms with Gasteiger partial charge in [-0.1, -0.05) is 0 Å². The zero-order chi connectivity index (χ0) is 11.0. The van der Waals surface area contributed by atoms with E-state index in [-0.39, 0.29) is 10.2 Å². The summed E-state index contributed by atoms with van der Waals surface area (Å²) in [5.74, 6) is -0.972. The molecule has 2 rings (SSSR count). The molecular formula is C8H5BrF2N4. The molecule has 2 aromatic rings. The maximum Gasteiger partial charge on any atom is 0.166 e. The molecule has 78 valence electrons. The molecule has 0 saturated heterocycles. The molecule has 0 spiro atoms. The Hall–Kier alpha value is -1.37. The number of aryl methyl sites for hydroxylation is 1. The number of rotatable bonds is 1. The third-order valence-electron chi connectivity index (χ3n) is 1.87.